The number of carbonyl (C=O) groups excluding carboxylic acids is 2. The van der Waals surface area contributed by atoms with Gasteiger partial charge in [0, 0.05) is 37.9 Å². The summed E-state index contributed by atoms with van der Waals surface area (Å²) in [6.07, 6.45) is 1.48. The van der Waals surface area contributed by atoms with Crippen LogP contribution >= 0.6 is 0 Å². The number of nitrogens with one attached hydrogen (secondary N) is 2. The van der Waals surface area contributed by atoms with Gasteiger partial charge in [-0.2, -0.15) is 0 Å². The van der Waals surface area contributed by atoms with Gasteiger partial charge in [-0.15, -0.1) is 0 Å². The number of nitrogens with zero attached hydrogens (tertiary/aromatic N) is 2. The molecular weight excluding hydrogens is 246 g/mol. The first-order chi connectivity index (χ1) is 9.16. The maximum Gasteiger partial charge on any atom is 0.248 e. The Balaban J connectivity index is 1.89. The third-order valence-corrected chi connectivity index (χ3v) is 2.93. The standard InChI is InChI=1S/C12H17N5O2/c13-12(19)9-1-2-15-10(7-9)16-8-11(18)17-5-3-14-4-6-17/h1-2,7,14H,3-6,8H2,(H2,13,19)(H,15,16). The number of aromatic nitrogens is 1. The Morgan fingerprint density at radius 3 is 2.84 bits per heavy atom. The maximum absolute atomic E-state index is 11.9. The van der Waals surface area contributed by atoms with Gasteiger partial charge in [0.25, 0.3) is 0 Å². The molecule has 0 unspecified atom stereocenters. The Morgan fingerprint density at radius 2 is 2.16 bits per heavy atom. The van der Waals surface area contributed by atoms with Crippen molar-refractivity contribution in [3.8, 4) is 0 Å². The highest BCUT2D eigenvalue weighted by molar-refractivity contribution is 5.93. The number of rotatable bonds is 4. The SMILES string of the molecule is NC(=O)c1ccnc(NCC(=O)N2CCNCC2)c1. The van der Waals surface area contributed by atoms with Gasteiger partial charge in [0.05, 0.1) is 6.54 Å². The van der Waals surface area contributed by atoms with E-state index in [9.17, 15) is 9.59 Å². The molecule has 102 valence electrons. The van der Waals surface area contributed by atoms with E-state index in [1.165, 1.54) is 18.3 Å². The van der Waals surface area contributed by atoms with E-state index in [0.29, 0.717) is 11.4 Å². The number of anilines is 1. The quantitative estimate of drug-likeness (QED) is 0.648. The van der Waals surface area contributed by atoms with E-state index < -0.39 is 5.91 Å². The molecule has 0 saturated carbocycles. The van der Waals surface area contributed by atoms with Crippen LogP contribution in [0.3, 0.4) is 0 Å². The maximum atomic E-state index is 11.9. The summed E-state index contributed by atoms with van der Waals surface area (Å²) in [7, 11) is 0. The van der Waals surface area contributed by atoms with Crippen molar-refractivity contribution in [1.29, 1.82) is 0 Å². The fraction of sp³-hybridized carbons (Fsp3) is 0.417. The molecule has 0 aromatic carbocycles. The number of hydrogen-bond acceptors (Lipinski definition) is 5. The van der Waals surface area contributed by atoms with E-state index >= 15 is 0 Å². The van der Waals surface area contributed by atoms with Crippen LogP contribution in [-0.4, -0.2) is 54.4 Å². The first-order valence-corrected chi connectivity index (χ1v) is 6.15. The highest BCUT2D eigenvalue weighted by atomic mass is 16.2. The Kier molecular flexibility index (Phi) is 4.30. The van der Waals surface area contributed by atoms with E-state index in [1.54, 1.807) is 4.90 Å². The number of piperazine rings is 1. The molecule has 2 heterocycles. The fourth-order valence-electron chi connectivity index (χ4n) is 1.87. The van der Waals surface area contributed by atoms with Gasteiger partial charge >= 0.3 is 0 Å². The molecule has 1 aliphatic heterocycles. The minimum absolute atomic E-state index is 0.0211. The molecule has 19 heavy (non-hydrogen) atoms. The summed E-state index contributed by atoms with van der Waals surface area (Å²) >= 11 is 0. The second kappa shape index (κ2) is 6.14. The number of pyridine rings is 1. The number of amides is 2. The second-order valence-corrected chi connectivity index (χ2v) is 4.28. The summed E-state index contributed by atoms with van der Waals surface area (Å²) in [5.74, 6) is -0.0218. The number of primary amides is 1. The molecule has 1 aromatic heterocycles. The zero-order valence-corrected chi connectivity index (χ0v) is 10.6. The van der Waals surface area contributed by atoms with Crippen LogP contribution in [0.4, 0.5) is 5.82 Å². The predicted molar refractivity (Wildman–Crippen MR) is 70.7 cm³/mol. The summed E-state index contributed by atoms with van der Waals surface area (Å²) in [5, 5.41) is 6.09. The monoisotopic (exact) mass is 263 g/mol. The highest BCUT2D eigenvalue weighted by Gasteiger charge is 2.15. The van der Waals surface area contributed by atoms with Gasteiger partial charge in [-0.25, -0.2) is 4.98 Å². The highest BCUT2D eigenvalue weighted by Crippen LogP contribution is 2.06. The van der Waals surface area contributed by atoms with Gasteiger partial charge in [0.15, 0.2) is 0 Å². The molecule has 0 aliphatic carbocycles. The van der Waals surface area contributed by atoms with Gasteiger partial charge in [-0.05, 0) is 12.1 Å². The lowest BCUT2D eigenvalue weighted by molar-refractivity contribution is -0.129. The Labute approximate surface area is 111 Å². The van der Waals surface area contributed by atoms with E-state index in [0.717, 1.165) is 26.2 Å². The molecule has 0 radical (unpaired) electrons. The smallest absolute Gasteiger partial charge is 0.248 e. The molecule has 0 bridgehead atoms. The van der Waals surface area contributed by atoms with Crippen LogP contribution in [0, 0.1) is 0 Å². The number of hydrogen-bond donors (Lipinski definition) is 3. The summed E-state index contributed by atoms with van der Waals surface area (Å²) < 4.78 is 0. The summed E-state index contributed by atoms with van der Waals surface area (Å²) in [5.41, 5.74) is 5.55. The lowest BCUT2D eigenvalue weighted by Crippen LogP contribution is -2.48. The van der Waals surface area contributed by atoms with Crippen molar-refractivity contribution in [2.24, 2.45) is 5.73 Å². The largest absolute Gasteiger partial charge is 0.366 e. The van der Waals surface area contributed by atoms with Crippen LogP contribution in [0.15, 0.2) is 18.3 Å². The van der Waals surface area contributed by atoms with Crippen molar-refractivity contribution in [1.82, 2.24) is 15.2 Å². The molecule has 4 N–H and O–H groups in total. The van der Waals surface area contributed by atoms with E-state index in [-0.39, 0.29) is 12.5 Å². The molecule has 1 saturated heterocycles. The Hall–Kier alpha value is -2.15. The average Bonchev–Trinajstić information content (AvgIpc) is 2.46. The minimum atomic E-state index is -0.515. The van der Waals surface area contributed by atoms with Crippen molar-refractivity contribution in [3.05, 3.63) is 23.9 Å². The van der Waals surface area contributed by atoms with Crippen LogP contribution in [0.25, 0.3) is 0 Å². The van der Waals surface area contributed by atoms with Gasteiger partial charge in [-0.3, -0.25) is 9.59 Å². The summed E-state index contributed by atoms with van der Waals surface area (Å²) in [6.45, 7) is 3.24. The summed E-state index contributed by atoms with van der Waals surface area (Å²) in [4.78, 5) is 28.8. The summed E-state index contributed by atoms with van der Waals surface area (Å²) in [6, 6.07) is 3.07. The van der Waals surface area contributed by atoms with Crippen LogP contribution in [0.2, 0.25) is 0 Å². The molecule has 1 aliphatic rings. The van der Waals surface area contributed by atoms with E-state index in [2.05, 4.69) is 15.6 Å². The third-order valence-electron chi connectivity index (χ3n) is 2.93. The van der Waals surface area contributed by atoms with Crippen molar-refractivity contribution in [2.45, 2.75) is 0 Å². The molecule has 1 fully saturated rings. The zero-order chi connectivity index (χ0) is 13.7. The normalized spacial score (nSPS) is 15.1. The molecular formula is C12H17N5O2. The second-order valence-electron chi connectivity index (χ2n) is 4.28. The van der Waals surface area contributed by atoms with Crippen molar-refractivity contribution < 1.29 is 9.59 Å². The Morgan fingerprint density at radius 1 is 1.42 bits per heavy atom. The van der Waals surface area contributed by atoms with Gasteiger partial charge in [-0.1, -0.05) is 0 Å². The number of carbonyl (C=O) groups is 2. The molecule has 0 spiro atoms. The lowest BCUT2D eigenvalue weighted by atomic mass is 10.2. The molecule has 2 amide bonds. The van der Waals surface area contributed by atoms with Crippen LogP contribution < -0.4 is 16.4 Å². The van der Waals surface area contributed by atoms with Crippen molar-refractivity contribution in [3.63, 3.8) is 0 Å². The minimum Gasteiger partial charge on any atom is -0.366 e. The molecule has 2 rings (SSSR count). The van der Waals surface area contributed by atoms with Crippen LogP contribution in [0.5, 0.6) is 0 Å². The van der Waals surface area contributed by atoms with Crippen LogP contribution in [0.1, 0.15) is 10.4 Å². The predicted octanol–water partition coefficient (Wildman–Crippen LogP) is -0.976. The van der Waals surface area contributed by atoms with Gasteiger partial charge in [0.1, 0.15) is 5.82 Å². The molecule has 0 atom stereocenters. The van der Waals surface area contributed by atoms with E-state index in [4.69, 9.17) is 5.73 Å². The van der Waals surface area contributed by atoms with Crippen LogP contribution in [-0.2, 0) is 4.79 Å². The molecule has 7 heteroatoms. The first-order valence-electron chi connectivity index (χ1n) is 6.15. The third kappa shape index (κ3) is 3.65. The Bertz CT molecular complexity index is 471. The van der Waals surface area contributed by atoms with Gasteiger partial charge < -0.3 is 21.3 Å². The topological polar surface area (TPSA) is 100 Å². The van der Waals surface area contributed by atoms with Crippen molar-refractivity contribution in [2.75, 3.05) is 38.0 Å². The zero-order valence-electron chi connectivity index (χ0n) is 10.6. The fourth-order valence-corrected chi connectivity index (χ4v) is 1.87. The lowest BCUT2D eigenvalue weighted by Gasteiger charge is -2.27. The molecule has 7 nitrogen and oxygen atoms in total. The molecule has 1 aromatic rings. The van der Waals surface area contributed by atoms with E-state index in [1.807, 2.05) is 0 Å². The number of nitrogens with two attached hydrogens (primary N) is 1. The van der Waals surface area contributed by atoms with Gasteiger partial charge in [0.2, 0.25) is 11.8 Å². The first kappa shape index (κ1) is 13.3. The average molecular weight is 263 g/mol. The van der Waals surface area contributed by atoms with Crippen molar-refractivity contribution >= 4 is 17.6 Å².